The second-order valence-corrected chi connectivity index (χ2v) is 6.02. The lowest BCUT2D eigenvalue weighted by molar-refractivity contribution is 0.457. The third kappa shape index (κ3) is 3.23. The average Bonchev–Trinajstić information content (AvgIpc) is 2.45. The Morgan fingerprint density at radius 3 is 2.89 bits per heavy atom. The number of halogens is 1. The minimum absolute atomic E-state index is 0.578. The predicted octanol–water partition coefficient (Wildman–Crippen LogP) is 3.49. The number of aromatic nitrogens is 1. The van der Waals surface area contributed by atoms with Crippen LogP contribution >= 0.6 is 15.9 Å². The lowest BCUT2D eigenvalue weighted by atomic mass is 9.88. The van der Waals surface area contributed by atoms with Crippen LogP contribution in [0.25, 0.3) is 0 Å². The molecule has 2 nitrogen and oxygen atoms in total. The molecule has 0 bridgehead atoms. The fourth-order valence-corrected chi connectivity index (χ4v) is 3.10. The number of pyridine rings is 1. The molecule has 1 aliphatic rings. The topological polar surface area (TPSA) is 24.9 Å². The molecule has 0 fully saturated rings. The summed E-state index contributed by atoms with van der Waals surface area (Å²) in [5.74, 6) is 0. The molecule has 1 aromatic carbocycles. The second-order valence-electron chi connectivity index (χ2n) is 5.10. The number of aryl methyl sites for hydroxylation is 1. The third-order valence-electron chi connectivity index (χ3n) is 3.70. The molecule has 1 aromatic heterocycles. The molecule has 0 spiro atoms. The summed E-state index contributed by atoms with van der Waals surface area (Å²) in [7, 11) is 0. The molecule has 0 saturated heterocycles. The van der Waals surface area contributed by atoms with Gasteiger partial charge in [0.1, 0.15) is 0 Å². The van der Waals surface area contributed by atoms with Gasteiger partial charge in [0.15, 0.2) is 0 Å². The Hall–Kier alpha value is -1.19. The van der Waals surface area contributed by atoms with Gasteiger partial charge in [0, 0.05) is 29.5 Å². The van der Waals surface area contributed by atoms with Crippen LogP contribution in [0.1, 0.15) is 23.1 Å². The first-order valence-corrected chi connectivity index (χ1v) is 7.50. The van der Waals surface area contributed by atoms with Crippen molar-refractivity contribution in [2.45, 2.75) is 31.8 Å². The molecule has 3 heteroatoms. The van der Waals surface area contributed by atoms with E-state index in [1.807, 2.05) is 12.4 Å². The van der Waals surface area contributed by atoms with Gasteiger partial charge in [-0.1, -0.05) is 24.3 Å². The summed E-state index contributed by atoms with van der Waals surface area (Å²) in [4.78, 5) is 4.20. The molecule has 1 aliphatic carbocycles. The van der Waals surface area contributed by atoms with Crippen molar-refractivity contribution in [3.8, 4) is 0 Å². The number of rotatable bonds is 3. The normalized spacial score (nSPS) is 18.1. The number of hydrogen-bond acceptors (Lipinski definition) is 2. The van der Waals surface area contributed by atoms with Crippen molar-refractivity contribution in [3.05, 3.63) is 63.9 Å². The van der Waals surface area contributed by atoms with Crippen molar-refractivity contribution in [2.24, 2.45) is 0 Å². The van der Waals surface area contributed by atoms with Crippen molar-refractivity contribution in [3.63, 3.8) is 0 Å². The lowest BCUT2D eigenvalue weighted by Crippen LogP contribution is -2.34. The third-order valence-corrected chi connectivity index (χ3v) is 4.14. The van der Waals surface area contributed by atoms with Crippen LogP contribution in [0, 0.1) is 0 Å². The molecule has 1 N–H and O–H groups in total. The fraction of sp³-hybridized carbons (Fsp3) is 0.312. The number of nitrogens with zero attached hydrogens (tertiary/aromatic N) is 1. The van der Waals surface area contributed by atoms with Gasteiger partial charge >= 0.3 is 0 Å². The fourth-order valence-electron chi connectivity index (χ4n) is 2.69. The predicted molar refractivity (Wildman–Crippen MR) is 81.0 cm³/mol. The van der Waals surface area contributed by atoms with Crippen molar-refractivity contribution in [1.29, 1.82) is 0 Å². The van der Waals surface area contributed by atoms with Crippen LogP contribution in [0.15, 0.2) is 47.2 Å². The Kier molecular flexibility index (Phi) is 3.95. The second kappa shape index (κ2) is 5.85. The van der Waals surface area contributed by atoms with Gasteiger partial charge in [-0.25, -0.2) is 0 Å². The summed E-state index contributed by atoms with van der Waals surface area (Å²) in [5.41, 5.74) is 4.25. The van der Waals surface area contributed by atoms with E-state index in [4.69, 9.17) is 0 Å². The zero-order chi connectivity index (χ0) is 13.1. The molecule has 1 atom stereocenters. The summed E-state index contributed by atoms with van der Waals surface area (Å²) in [5, 5.41) is 3.65. The van der Waals surface area contributed by atoms with Gasteiger partial charge in [0.05, 0.1) is 0 Å². The van der Waals surface area contributed by atoms with E-state index in [9.17, 15) is 0 Å². The van der Waals surface area contributed by atoms with Crippen LogP contribution in [0.4, 0.5) is 0 Å². The van der Waals surface area contributed by atoms with E-state index in [0.717, 1.165) is 17.4 Å². The summed E-state index contributed by atoms with van der Waals surface area (Å²) in [6.45, 7) is 0.888. The molecular weight excluding hydrogens is 300 g/mol. The van der Waals surface area contributed by atoms with Gasteiger partial charge in [-0.15, -0.1) is 0 Å². The Labute approximate surface area is 122 Å². The van der Waals surface area contributed by atoms with E-state index >= 15 is 0 Å². The molecule has 2 aromatic rings. The maximum absolute atomic E-state index is 4.20. The van der Waals surface area contributed by atoms with Crippen LogP contribution in [0.3, 0.4) is 0 Å². The highest BCUT2D eigenvalue weighted by Gasteiger charge is 2.17. The number of hydrogen-bond donors (Lipinski definition) is 1. The van der Waals surface area contributed by atoms with E-state index in [2.05, 4.69) is 56.6 Å². The molecular formula is C16H17BrN2. The average molecular weight is 317 g/mol. The molecule has 0 saturated carbocycles. The van der Waals surface area contributed by atoms with Gasteiger partial charge < -0.3 is 5.32 Å². The Bertz CT molecular complexity index is 568. The largest absolute Gasteiger partial charge is 0.310 e. The summed E-state index contributed by atoms with van der Waals surface area (Å²) in [6, 6.07) is 11.5. The highest BCUT2D eigenvalue weighted by atomic mass is 79.9. The van der Waals surface area contributed by atoms with Crippen LogP contribution in [-0.4, -0.2) is 11.0 Å². The Balaban J connectivity index is 1.61. The molecule has 0 amide bonds. The van der Waals surface area contributed by atoms with Crippen LogP contribution in [-0.2, 0) is 19.4 Å². The summed E-state index contributed by atoms with van der Waals surface area (Å²) >= 11 is 3.46. The van der Waals surface area contributed by atoms with E-state index in [-0.39, 0.29) is 0 Å². The maximum atomic E-state index is 4.20. The van der Waals surface area contributed by atoms with E-state index in [1.54, 1.807) is 0 Å². The van der Waals surface area contributed by atoms with Gasteiger partial charge in [0.25, 0.3) is 0 Å². The number of benzene rings is 1. The molecule has 0 radical (unpaired) electrons. The monoisotopic (exact) mass is 316 g/mol. The molecule has 19 heavy (non-hydrogen) atoms. The van der Waals surface area contributed by atoms with Crippen molar-refractivity contribution in [1.82, 2.24) is 10.3 Å². The zero-order valence-corrected chi connectivity index (χ0v) is 12.4. The van der Waals surface area contributed by atoms with E-state index in [1.165, 1.54) is 29.5 Å². The number of nitrogens with one attached hydrogen (secondary N) is 1. The highest BCUT2D eigenvalue weighted by molar-refractivity contribution is 9.10. The first-order chi connectivity index (χ1) is 9.31. The lowest BCUT2D eigenvalue weighted by Gasteiger charge is -2.25. The van der Waals surface area contributed by atoms with Crippen molar-refractivity contribution >= 4 is 15.9 Å². The summed E-state index contributed by atoms with van der Waals surface area (Å²) in [6.07, 6.45) is 7.29. The molecule has 1 unspecified atom stereocenters. The van der Waals surface area contributed by atoms with Crippen molar-refractivity contribution < 1.29 is 0 Å². The molecule has 1 heterocycles. The first-order valence-electron chi connectivity index (χ1n) is 6.71. The molecule has 0 aliphatic heterocycles. The smallest absolute Gasteiger partial charge is 0.0410 e. The maximum Gasteiger partial charge on any atom is 0.0410 e. The minimum Gasteiger partial charge on any atom is -0.310 e. The summed E-state index contributed by atoms with van der Waals surface area (Å²) < 4.78 is 1.04. The Morgan fingerprint density at radius 1 is 1.21 bits per heavy atom. The van der Waals surface area contributed by atoms with Crippen LogP contribution in [0.5, 0.6) is 0 Å². The standard InChI is InChI=1S/C16H17BrN2/c17-15-7-12(9-18-11-15)10-19-16-6-5-13-3-1-2-4-14(13)8-16/h1-4,7,9,11,16,19H,5-6,8,10H2. The van der Waals surface area contributed by atoms with Crippen LogP contribution in [0.2, 0.25) is 0 Å². The molecule has 98 valence electrons. The van der Waals surface area contributed by atoms with Gasteiger partial charge in [-0.3, -0.25) is 4.98 Å². The molecule has 3 rings (SSSR count). The van der Waals surface area contributed by atoms with Gasteiger partial charge in [-0.05, 0) is 57.9 Å². The first kappa shape index (κ1) is 12.8. The van der Waals surface area contributed by atoms with Gasteiger partial charge in [0.2, 0.25) is 0 Å². The minimum atomic E-state index is 0.578. The van der Waals surface area contributed by atoms with E-state index in [0.29, 0.717) is 6.04 Å². The van der Waals surface area contributed by atoms with Crippen LogP contribution < -0.4 is 5.32 Å². The SMILES string of the molecule is Brc1cncc(CNC2CCc3ccccc3C2)c1. The van der Waals surface area contributed by atoms with Gasteiger partial charge in [-0.2, -0.15) is 0 Å². The zero-order valence-electron chi connectivity index (χ0n) is 10.8. The van der Waals surface area contributed by atoms with E-state index < -0.39 is 0 Å². The highest BCUT2D eigenvalue weighted by Crippen LogP contribution is 2.21. The quantitative estimate of drug-likeness (QED) is 0.937. The van der Waals surface area contributed by atoms with Crippen molar-refractivity contribution in [2.75, 3.05) is 0 Å². The Morgan fingerprint density at radius 2 is 2.05 bits per heavy atom. The number of fused-ring (bicyclic) bond motifs is 1.